The Bertz CT molecular complexity index is 616. The molecule has 3 nitrogen and oxygen atoms in total. The van der Waals surface area contributed by atoms with Crippen molar-refractivity contribution in [2.45, 2.75) is 13.3 Å². The van der Waals surface area contributed by atoms with Gasteiger partial charge in [-0.1, -0.05) is 23.7 Å². The summed E-state index contributed by atoms with van der Waals surface area (Å²) in [6.45, 7) is 1.87. The first-order chi connectivity index (χ1) is 9.04. The smallest absolute Gasteiger partial charge is 0.229 e. The molecule has 0 atom stereocenters. The fourth-order valence-corrected chi connectivity index (χ4v) is 2.07. The van der Waals surface area contributed by atoms with Crippen molar-refractivity contribution >= 4 is 39.3 Å². The number of aromatic nitrogens is 1. The summed E-state index contributed by atoms with van der Waals surface area (Å²) in [4.78, 5) is 16.2. The number of carbonyl (C=O) groups is 1. The van der Waals surface area contributed by atoms with Crippen LogP contribution >= 0.6 is 27.5 Å². The van der Waals surface area contributed by atoms with E-state index >= 15 is 0 Å². The highest BCUT2D eigenvalue weighted by atomic mass is 79.9. The summed E-state index contributed by atoms with van der Waals surface area (Å²) in [5.41, 5.74) is 1.71. The lowest BCUT2D eigenvalue weighted by Gasteiger charge is -2.06. The molecule has 0 radical (unpaired) electrons. The Morgan fingerprint density at radius 3 is 2.84 bits per heavy atom. The predicted molar refractivity (Wildman–Crippen MR) is 80.5 cm³/mol. The molecule has 1 amide bonds. The van der Waals surface area contributed by atoms with Gasteiger partial charge in [0.2, 0.25) is 5.91 Å². The van der Waals surface area contributed by atoms with E-state index in [1.807, 2.05) is 25.1 Å². The zero-order chi connectivity index (χ0) is 13.8. The van der Waals surface area contributed by atoms with Crippen molar-refractivity contribution in [2.75, 3.05) is 5.32 Å². The van der Waals surface area contributed by atoms with Crippen molar-refractivity contribution in [1.82, 2.24) is 4.98 Å². The molecular weight excluding hydrogens is 328 g/mol. The van der Waals surface area contributed by atoms with E-state index in [1.54, 1.807) is 18.2 Å². The van der Waals surface area contributed by atoms with E-state index < -0.39 is 0 Å². The Hall–Kier alpha value is -1.39. The summed E-state index contributed by atoms with van der Waals surface area (Å²) in [6.07, 6.45) is 0.275. The van der Waals surface area contributed by atoms with Gasteiger partial charge >= 0.3 is 0 Å². The number of rotatable bonds is 3. The van der Waals surface area contributed by atoms with Gasteiger partial charge < -0.3 is 5.32 Å². The Morgan fingerprint density at radius 1 is 1.37 bits per heavy atom. The number of nitrogens with one attached hydrogen (secondary N) is 1. The molecule has 1 heterocycles. The van der Waals surface area contributed by atoms with E-state index in [-0.39, 0.29) is 12.3 Å². The molecule has 2 aromatic rings. The van der Waals surface area contributed by atoms with Crippen LogP contribution in [0.1, 0.15) is 11.3 Å². The van der Waals surface area contributed by atoms with Gasteiger partial charge in [-0.15, -0.1) is 0 Å². The monoisotopic (exact) mass is 338 g/mol. The number of hydrogen-bond acceptors (Lipinski definition) is 2. The van der Waals surface area contributed by atoms with E-state index in [0.717, 1.165) is 15.7 Å². The third-order valence-electron chi connectivity index (χ3n) is 2.54. The van der Waals surface area contributed by atoms with Crippen LogP contribution in [0.15, 0.2) is 40.9 Å². The lowest BCUT2D eigenvalue weighted by molar-refractivity contribution is -0.115. The molecule has 0 saturated carbocycles. The highest BCUT2D eigenvalue weighted by Crippen LogP contribution is 2.16. The average Bonchev–Trinajstić information content (AvgIpc) is 2.34. The van der Waals surface area contributed by atoms with Crippen molar-refractivity contribution in [1.29, 1.82) is 0 Å². The first-order valence-electron chi connectivity index (χ1n) is 5.72. The summed E-state index contributed by atoms with van der Waals surface area (Å²) in [5.74, 6) is 0.434. The number of benzene rings is 1. The third-order valence-corrected chi connectivity index (χ3v) is 3.62. The second kappa shape index (κ2) is 6.17. The molecule has 0 aliphatic rings. The molecule has 0 spiro atoms. The van der Waals surface area contributed by atoms with E-state index in [4.69, 9.17) is 11.6 Å². The Labute approximate surface area is 125 Å². The summed E-state index contributed by atoms with van der Waals surface area (Å²) < 4.78 is 0.917. The van der Waals surface area contributed by atoms with Gasteiger partial charge in [0.1, 0.15) is 5.82 Å². The normalized spacial score (nSPS) is 10.3. The van der Waals surface area contributed by atoms with E-state index in [0.29, 0.717) is 10.8 Å². The number of hydrogen-bond donors (Lipinski definition) is 1. The number of aryl methyl sites for hydroxylation is 1. The van der Waals surface area contributed by atoms with E-state index in [9.17, 15) is 4.79 Å². The fraction of sp³-hybridized carbons (Fsp3) is 0.143. The molecule has 0 unspecified atom stereocenters. The minimum atomic E-state index is -0.114. The van der Waals surface area contributed by atoms with Crippen LogP contribution in [0.25, 0.3) is 0 Å². The molecule has 0 saturated heterocycles. The van der Waals surface area contributed by atoms with Gasteiger partial charge in [0, 0.05) is 9.50 Å². The maximum atomic E-state index is 11.9. The molecule has 5 heteroatoms. The zero-order valence-electron chi connectivity index (χ0n) is 10.3. The SMILES string of the molecule is Cc1nc(NC(=O)Cc2cccc(Cl)c2)ccc1Br. The van der Waals surface area contributed by atoms with E-state index in [2.05, 4.69) is 26.2 Å². The predicted octanol–water partition coefficient (Wildman–Crippen LogP) is 3.99. The van der Waals surface area contributed by atoms with Crippen LogP contribution in [0.2, 0.25) is 5.02 Å². The third kappa shape index (κ3) is 4.04. The van der Waals surface area contributed by atoms with Gasteiger partial charge in [0.25, 0.3) is 0 Å². The highest BCUT2D eigenvalue weighted by molar-refractivity contribution is 9.10. The molecule has 2 rings (SSSR count). The van der Waals surface area contributed by atoms with Crippen molar-refractivity contribution in [2.24, 2.45) is 0 Å². The fourth-order valence-electron chi connectivity index (χ4n) is 1.63. The summed E-state index contributed by atoms with van der Waals surface area (Å²) in [5, 5.41) is 3.39. The minimum absolute atomic E-state index is 0.114. The second-order valence-corrected chi connectivity index (χ2v) is 5.41. The van der Waals surface area contributed by atoms with E-state index in [1.165, 1.54) is 0 Å². The van der Waals surface area contributed by atoms with Gasteiger partial charge in [-0.05, 0) is 52.7 Å². The summed E-state index contributed by atoms with van der Waals surface area (Å²) in [6, 6.07) is 10.9. The van der Waals surface area contributed by atoms with Crippen molar-refractivity contribution in [3.05, 3.63) is 57.2 Å². The summed E-state index contributed by atoms with van der Waals surface area (Å²) in [7, 11) is 0. The number of anilines is 1. The van der Waals surface area contributed by atoms with Crippen LogP contribution in [-0.4, -0.2) is 10.9 Å². The summed E-state index contributed by atoms with van der Waals surface area (Å²) >= 11 is 9.24. The zero-order valence-corrected chi connectivity index (χ0v) is 12.6. The van der Waals surface area contributed by atoms with Gasteiger partial charge in [-0.2, -0.15) is 0 Å². The van der Waals surface area contributed by atoms with Crippen LogP contribution in [0.4, 0.5) is 5.82 Å². The topological polar surface area (TPSA) is 42.0 Å². The molecular formula is C14H12BrClN2O. The lowest BCUT2D eigenvalue weighted by Crippen LogP contribution is -2.15. The molecule has 98 valence electrons. The Morgan fingerprint density at radius 2 is 2.16 bits per heavy atom. The quantitative estimate of drug-likeness (QED) is 0.919. The average molecular weight is 340 g/mol. The number of carbonyl (C=O) groups excluding carboxylic acids is 1. The molecule has 0 fully saturated rings. The van der Waals surface area contributed by atoms with Gasteiger partial charge in [-0.25, -0.2) is 4.98 Å². The Kier molecular flexibility index (Phi) is 4.56. The van der Waals surface area contributed by atoms with Gasteiger partial charge in [0.05, 0.1) is 12.1 Å². The minimum Gasteiger partial charge on any atom is -0.310 e. The van der Waals surface area contributed by atoms with Crippen molar-refractivity contribution in [3.8, 4) is 0 Å². The van der Waals surface area contributed by atoms with Gasteiger partial charge in [-0.3, -0.25) is 4.79 Å². The molecule has 19 heavy (non-hydrogen) atoms. The maximum absolute atomic E-state index is 11.9. The van der Waals surface area contributed by atoms with Crippen molar-refractivity contribution < 1.29 is 4.79 Å². The Balaban J connectivity index is 2.03. The number of pyridine rings is 1. The van der Waals surface area contributed by atoms with Crippen LogP contribution in [0, 0.1) is 6.92 Å². The molecule has 1 aromatic carbocycles. The van der Waals surface area contributed by atoms with Crippen LogP contribution in [0.5, 0.6) is 0 Å². The van der Waals surface area contributed by atoms with Crippen LogP contribution < -0.4 is 5.32 Å². The maximum Gasteiger partial charge on any atom is 0.229 e. The van der Waals surface area contributed by atoms with Crippen molar-refractivity contribution in [3.63, 3.8) is 0 Å². The molecule has 1 N–H and O–H groups in total. The largest absolute Gasteiger partial charge is 0.310 e. The second-order valence-electron chi connectivity index (χ2n) is 4.12. The molecule has 0 aliphatic heterocycles. The number of halogens is 2. The lowest BCUT2D eigenvalue weighted by atomic mass is 10.1. The molecule has 0 bridgehead atoms. The first kappa shape index (κ1) is 14.0. The standard InChI is InChI=1S/C14H12BrClN2O/c1-9-12(15)5-6-13(17-9)18-14(19)8-10-3-2-4-11(16)7-10/h2-7H,8H2,1H3,(H,17,18,19). The van der Waals surface area contributed by atoms with Crippen LogP contribution in [0.3, 0.4) is 0 Å². The van der Waals surface area contributed by atoms with Gasteiger partial charge in [0.15, 0.2) is 0 Å². The first-order valence-corrected chi connectivity index (χ1v) is 6.89. The molecule has 0 aliphatic carbocycles. The molecule has 1 aromatic heterocycles. The number of nitrogens with zero attached hydrogens (tertiary/aromatic N) is 1. The van der Waals surface area contributed by atoms with Crippen LogP contribution in [-0.2, 0) is 11.2 Å². The number of amides is 1. The highest BCUT2D eigenvalue weighted by Gasteiger charge is 2.06.